The molecule has 0 saturated carbocycles. The van der Waals surface area contributed by atoms with Crippen molar-refractivity contribution in [3.63, 3.8) is 0 Å². The van der Waals surface area contributed by atoms with Gasteiger partial charge in [-0.05, 0) is 124 Å². The van der Waals surface area contributed by atoms with Crippen LogP contribution in [0.15, 0.2) is 58.8 Å². The molecule has 0 bridgehead atoms. The monoisotopic (exact) mass is 1440 g/mol. The number of rotatable bonds is 38. The molecule has 0 aromatic heterocycles. The highest BCUT2D eigenvalue weighted by atomic mass is 16.6. The first-order valence-corrected chi connectivity index (χ1v) is 33.5. The lowest BCUT2D eigenvalue weighted by molar-refractivity contribution is -0.130. The van der Waals surface area contributed by atoms with Crippen LogP contribution in [0.1, 0.15) is 138 Å². The lowest BCUT2D eigenvalue weighted by atomic mass is 9.89. The summed E-state index contributed by atoms with van der Waals surface area (Å²) in [4.78, 5) is 149. The molecule has 2 rings (SSSR count). The normalized spacial score (nSPS) is 11.3. The topological polar surface area (TPSA) is 523 Å². The fourth-order valence-electron chi connectivity index (χ4n) is 8.00. The van der Waals surface area contributed by atoms with Gasteiger partial charge in [-0.15, -0.1) is 0 Å². The number of azide groups is 2. The number of hydrogen-bond donors (Lipinski definition) is 12. The van der Waals surface area contributed by atoms with E-state index in [2.05, 4.69) is 74.8 Å². The first kappa shape index (κ1) is 101. The Morgan fingerprint density at radius 1 is 0.569 bits per heavy atom. The zero-order chi connectivity index (χ0) is 79.1. The molecule has 0 fully saturated rings. The van der Waals surface area contributed by atoms with E-state index in [9.17, 15) is 57.5 Å². The van der Waals surface area contributed by atoms with Gasteiger partial charge in [0.25, 0.3) is 0 Å². The van der Waals surface area contributed by atoms with Crippen molar-refractivity contribution in [2.45, 2.75) is 152 Å². The van der Waals surface area contributed by atoms with Gasteiger partial charge in [0.15, 0.2) is 11.6 Å². The van der Waals surface area contributed by atoms with Gasteiger partial charge in [0.2, 0.25) is 23.6 Å². The number of nitrogens with one attached hydrogen (secondary N) is 9. The highest BCUT2D eigenvalue weighted by Crippen LogP contribution is 2.22. The average Bonchev–Trinajstić information content (AvgIpc) is 0.889. The molecule has 15 N–H and O–H groups in total. The lowest BCUT2D eigenvalue weighted by Gasteiger charge is -2.23. The maximum atomic E-state index is 13.0. The van der Waals surface area contributed by atoms with E-state index in [1.165, 1.54) is 37.1 Å². The Morgan fingerprint density at radius 2 is 0.971 bits per heavy atom. The minimum atomic E-state index is -0.823. The van der Waals surface area contributed by atoms with Gasteiger partial charge >= 0.3 is 30.3 Å². The van der Waals surface area contributed by atoms with Crippen LogP contribution in [0.3, 0.4) is 0 Å². The molecule has 5 atom stereocenters. The van der Waals surface area contributed by atoms with Crippen molar-refractivity contribution in [2.75, 3.05) is 113 Å². The van der Waals surface area contributed by atoms with Crippen molar-refractivity contribution in [1.82, 2.24) is 47.0 Å². The summed E-state index contributed by atoms with van der Waals surface area (Å²) in [6.07, 6.45) is 2.56. The number of carbonyl (C=O) groups excluding carboxylic acids is 12. The predicted octanol–water partition coefficient (Wildman–Crippen LogP) is 7.39. The highest BCUT2D eigenvalue weighted by molar-refractivity contribution is 5.98. The number of nitrogens with two attached hydrogens (primary N) is 3. The van der Waals surface area contributed by atoms with Gasteiger partial charge in [0.1, 0.15) is 19.0 Å². The largest absolute Gasteiger partial charge is 0.445 e. The number of primary amides is 3. The second-order valence-electron chi connectivity index (χ2n) is 23.4. The van der Waals surface area contributed by atoms with Crippen LogP contribution in [-0.2, 0) is 61.0 Å². The number of urea groups is 3. The van der Waals surface area contributed by atoms with E-state index >= 15 is 0 Å². The van der Waals surface area contributed by atoms with Gasteiger partial charge in [-0.1, -0.05) is 89.9 Å². The van der Waals surface area contributed by atoms with Gasteiger partial charge in [-0.3, -0.25) is 28.8 Å². The smallest absolute Gasteiger partial charge is 0.409 e. The Balaban J connectivity index is -0.000000434. The number of Topliss-reactive ketones (excluding diaryl/α,β-unsaturated/α-hetero) is 3. The van der Waals surface area contributed by atoms with Crippen LogP contribution in [0, 0.1) is 29.6 Å². The maximum Gasteiger partial charge on any atom is 0.409 e. The number of anilines is 2. The number of ketones is 3. The number of nitrogens with zero attached hydrogens (tertiary/aromatic N) is 8. The number of benzene rings is 2. The van der Waals surface area contributed by atoms with Gasteiger partial charge in [-0.2, -0.15) is 0 Å². The van der Waals surface area contributed by atoms with Gasteiger partial charge in [0, 0.05) is 140 Å². The Bertz CT molecular complexity index is 2680. The van der Waals surface area contributed by atoms with E-state index in [1.807, 2.05) is 41.8 Å². The number of methoxy groups -OCH3 is 1. The molecule has 2 aromatic rings. The van der Waals surface area contributed by atoms with E-state index in [0.717, 1.165) is 30.8 Å². The number of hydrogen-bond acceptors (Lipinski definition) is 19. The summed E-state index contributed by atoms with van der Waals surface area (Å²) in [5.74, 6) is -3.56. The fourth-order valence-corrected chi connectivity index (χ4v) is 8.00. The van der Waals surface area contributed by atoms with Crippen molar-refractivity contribution in [2.24, 2.45) is 57.0 Å². The van der Waals surface area contributed by atoms with Crippen molar-refractivity contribution in [1.29, 1.82) is 0 Å². The zero-order valence-electron chi connectivity index (χ0n) is 63.3. The molecule has 0 aliphatic heterocycles. The van der Waals surface area contributed by atoms with Crippen LogP contribution in [0.2, 0.25) is 0 Å². The van der Waals surface area contributed by atoms with Crippen LogP contribution in [0.5, 0.6) is 0 Å². The molecule has 578 valence electrons. The van der Waals surface area contributed by atoms with E-state index in [-0.39, 0.29) is 104 Å². The molecule has 0 radical (unpaired) electrons. The molecule has 35 nitrogen and oxygen atoms in total. The molecule has 0 unspecified atom stereocenters. The predicted molar refractivity (Wildman–Crippen MR) is 394 cm³/mol. The van der Waals surface area contributed by atoms with Crippen molar-refractivity contribution in [3.8, 4) is 0 Å². The minimum absolute atomic E-state index is 0.0654. The molecule has 0 heterocycles. The molecule has 12 amide bonds. The Morgan fingerprint density at radius 3 is 1.28 bits per heavy atom. The molecule has 0 aliphatic rings. The minimum Gasteiger partial charge on any atom is -0.445 e. The van der Waals surface area contributed by atoms with Gasteiger partial charge < -0.3 is 93.9 Å². The van der Waals surface area contributed by atoms with Crippen LogP contribution >= 0.6 is 0 Å². The SMILES string of the molecule is CC.CC(=O)CC[C@@H](C)C(=O)NCCN=[N+]=[N-].CC(=O)N[C@H](C(=O)C[C@@H](CCCNC(N)=O)C(=O)Nc1ccc(COC(=O)N(C)C)cc1)C(C)C.CC(C)[C@H](NC(N)=O)C(=O)C[C@@H](CCCNC(N)=O)C(=O)Nc1ccc(COC(=O)N(C)C)cc1.CCCNCCOC.CN=[N+]=[N-].CNC. The van der Waals surface area contributed by atoms with E-state index in [0.29, 0.717) is 56.4 Å². The van der Waals surface area contributed by atoms with Crippen molar-refractivity contribution >= 4 is 82.6 Å². The Hall–Kier alpha value is -9.82. The summed E-state index contributed by atoms with van der Waals surface area (Å²) in [6.45, 7) is 22.1. The summed E-state index contributed by atoms with van der Waals surface area (Å²) in [5, 5.41) is 30.4. The molecule has 35 heteroatoms. The number of carbonyl (C=O) groups is 12. The van der Waals surface area contributed by atoms with Crippen LogP contribution in [0.25, 0.3) is 20.9 Å². The third-order valence-corrected chi connectivity index (χ3v) is 13.2. The molecule has 102 heavy (non-hydrogen) atoms. The van der Waals surface area contributed by atoms with Gasteiger partial charge in [0.05, 0.1) is 18.7 Å². The summed E-state index contributed by atoms with van der Waals surface area (Å²) >= 11 is 0. The summed E-state index contributed by atoms with van der Waals surface area (Å²) < 4.78 is 15.1. The molecule has 0 aliphatic carbocycles. The molecule has 0 saturated heterocycles. The summed E-state index contributed by atoms with van der Waals surface area (Å²) in [5.41, 5.74) is 33.2. The van der Waals surface area contributed by atoms with Gasteiger partial charge in [-0.25, -0.2) is 24.0 Å². The van der Waals surface area contributed by atoms with Crippen LogP contribution in [0.4, 0.5) is 35.3 Å². The first-order valence-electron chi connectivity index (χ1n) is 33.5. The zero-order valence-corrected chi connectivity index (χ0v) is 63.3. The molecule has 2 aromatic carbocycles. The highest BCUT2D eigenvalue weighted by Gasteiger charge is 2.31. The third kappa shape index (κ3) is 58.0. The average molecular weight is 1450 g/mol. The van der Waals surface area contributed by atoms with E-state index < -0.39 is 54.2 Å². The Kier molecular flexibility index (Phi) is 63.8. The lowest BCUT2D eigenvalue weighted by Crippen LogP contribution is -2.47. The second-order valence-corrected chi connectivity index (χ2v) is 23.4. The molecule has 0 spiro atoms. The number of amides is 12. The van der Waals surface area contributed by atoms with E-state index in [1.54, 1.807) is 105 Å². The van der Waals surface area contributed by atoms with Crippen LogP contribution < -0.4 is 65.1 Å². The fraction of sp³-hybridized carbons (Fsp3) is 0.642. The maximum absolute atomic E-state index is 13.0. The third-order valence-electron chi connectivity index (χ3n) is 13.2. The summed E-state index contributed by atoms with van der Waals surface area (Å²) in [7, 11) is 13.2. The summed E-state index contributed by atoms with van der Waals surface area (Å²) in [6, 6.07) is 9.87. The van der Waals surface area contributed by atoms with Crippen molar-refractivity contribution < 1.29 is 71.7 Å². The standard InChI is InChI=1S/C24H37N5O6.C23H36N6O6.C9H16N4O2.C6H15NO.C2H7N.C2H6.CH3N3/c1-15(2)21(27-16(3)30)20(31)13-18(7-6-12-26-23(25)33)22(32)28-19-10-8-17(9-11-19)14-35-24(34)29(4)5;1-14(2)19(28-22(25)33)18(30)12-16(6-5-11-26-21(24)32)20(31)27-17-9-7-15(8-10-17)13-35-23(34)29(3)4;1-7(3-4-8(2)14)9(15)11-5-6-12-13-10;1-3-4-7-5-6-8-2;1-3-2;1-2;1-3-4-2/h8-11,15,18,21H,6-7,12-14H2,1-5H3,(H,27,30)(H,28,32)(H3,25,26,33);7-10,14,16,19H,5-6,11-13H2,1-4H3,(H,27,31)(H3,24,26,32)(H3,25,28,33);7H,3-6H2,1-2H3,(H,11,15);7H,3-6H2,1-2H3;3H,1-2H3;1-2H3;1H3/t18-,21+;16-,19+;7-;;;;/m111..../s1. The van der Waals surface area contributed by atoms with Crippen LogP contribution in [-0.4, -0.2) is 195 Å². The second kappa shape index (κ2) is 64.5. The molecular formula is C67H120N20O15. The van der Waals surface area contributed by atoms with E-state index in [4.69, 9.17) is 42.5 Å². The first-order chi connectivity index (χ1) is 48.1. The molecular weight excluding hydrogens is 1320 g/mol. The number of ether oxygens (including phenoxy) is 3. The van der Waals surface area contributed by atoms with Crippen molar-refractivity contribution in [3.05, 3.63) is 80.5 Å². The quantitative estimate of drug-likeness (QED) is 0.0135. The Labute approximate surface area is 602 Å².